The maximum absolute atomic E-state index is 12.6. The molecule has 0 aromatic rings. The van der Waals surface area contributed by atoms with Crippen molar-refractivity contribution in [2.24, 2.45) is 0 Å². The van der Waals surface area contributed by atoms with E-state index in [1.54, 1.807) is 6.08 Å². The van der Waals surface area contributed by atoms with Gasteiger partial charge in [0.05, 0.1) is 25.4 Å². The molecule has 0 spiro atoms. The summed E-state index contributed by atoms with van der Waals surface area (Å²) < 4.78 is 5.50. The maximum Gasteiger partial charge on any atom is 0.305 e. The van der Waals surface area contributed by atoms with Crippen molar-refractivity contribution in [1.82, 2.24) is 5.32 Å². The second-order valence-corrected chi connectivity index (χ2v) is 27.4. The van der Waals surface area contributed by atoms with Gasteiger partial charge in [-0.05, 0) is 83.5 Å². The van der Waals surface area contributed by atoms with Crippen LogP contribution >= 0.6 is 0 Å². The number of esters is 1. The third kappa shape index (κ3) is 73.0. The average molecular weight is 1220 g/mol. The monoisotopic (exact) mass is 1220 g/mol. The lowest BCUT2D eigenvalue weighted by Gasteiger charge is -2.20. The number of aliphatic hydroxyl groups is 2. The predicted octanol–water partition coefficient (Wildman–Crippen LogP) is 26.2. The van der Waals surface area contributed by atoms with Gasteiger partial charge in [0.15, 0.2) is 0 Å². The van der Waals surface area contributed by atoms with Gasteiger partial charge in [-0.1, -0.05) is 384 Å². The highest BCUT2D eigenvalue weighted by atomic mass is 16.5. The zero-order valence-electron chi connectivity index (χ0n) is 59.0. The molecule has 0 heterocycles. The van der Waals surface area contributed by atoms with Crippen molar-refractivity contribution in [3.05, 3.63) is 36.5 Å². The van der Waals surface area contributed by atoms with Crippen LogP contribution in [0.25, 0.3) is 0 Å². The van der Waals surface area contributed by atoms with E-state index >= 15 is 0 Å². The Balaban J connectivity index is 3.40. The summed E-state index contributed by atoms with van der Waals surface area (Å²) in [6, 6.07) is -0.629. The topological polar surface area (TPSA) is 95.9 Å². The van der Waals surface area contributed by atoms with E-state index in [-0.39, 0.29) is 18.5 Å². The lowest BCUT2D eigenvalue weighted by molar-refractivity contribution is -0.143. The van der Waals surface area contributed by atoms with Crippen molar-refractivity contribution < 1.29 is 24.5 Å². The highest BCUT2D eigenvalue weighted by Crippen LogP contribution is 2.19. The van der Waals surface area contributed by atoms with E-state index in [1.165, 1.54) is 372 Å². The number of allylic oxidation sites excluding steroid dienone is 5. The number of hydrogen-bond donors (Lipinski definition) is 3. The molecule has 0 fully saturated rings. The summed E-state index contributed by atoms with van der Waals surface area (Å²) in [6.45, 7) is 4.95. The summed E-state index contributed by atoms with van der Waals surface area (Å²) in [7, 11) is 0. The second-order valence-electron chi connectivity index (χ2n) is 27.4. The lowest BCUT2D eigenvalue weighted by Crippen LogP contribution is -2.45. The van der Waals surface area contributed by atoms with Crippen LogP contribution in [0, 0.1) is 0 Å². The number of nitrogens with one attached hydrogen (secondary N) is 1. The van der Waals surface area contributed by atoms with E-state index in [2.05, 4.69) is 43.5 Å². The van der Waals surface area contributed by atoms with Crippen LogP contribution in [0.1, 0.15) is 444 Å². The van der Waals surface area contributed by atoms with E-state index in [1.807, 2.05) is 6.08 Å². The molecule has 0 aliphatic rings. The van der Waals surface area contributed by atoms with Crippen LogP contribution in [0.4, 0.5) is 0 Å². The van der Waals surface area contributed by atoms with Gasteiger partial charge in [-0.2, -0.15) is 0 Å². The van der Waals surface area contributed by atoms with E-state index in [0.717, 1.165) is 44.9 Å². The Hall–Kier alpha value is -1.92. The molecule has 0 saturated carbocycles. The number of carbonyl (C=O) groups is 2. The van der Waals surface area contributed by atoms with Crippen LogP contribution in [-0.2, 0) is 14.3 Å². The van der Waals surface area contributed by atoms with Crippen LogP contribution in [0.2, 0.25) is 0 Å². The van der Waals surface area contributed by atoms with Gasteiger partial charge in [-0.25, -0.2) is 0 Å². The van der Waals surface area contributed by atoms with Crippen molar-refractivity contribution in [3.63, 3.8) is 0 Å². The maximum atomic E-state index is 12.6. The summed E-state index contributed by atoms with van der Waals surface area (Å²) in [5, 5.41) is 23.3. The molecule has 6 nitrogen and oxygen atoms in total. The van der Waals surface area contributed by atoms with Crippen LogP contribution in [0.5, 0.6) is 0 Å². The molecule has 0 bridgehead atoms. The summed E-state index contributed by atoms with van der Waals surface area (Å²) in [4.78, 5) is 24.7. The Kier molecular flexibility index (Phi) is 74.8. The molecule has 0 aliphatic heterocycles. The van der Waals surface area contributed by atoms with Gasteiger partial charge in [0.25, 0.3) is 0 Å². The molecule has 0 rings (SSSR count). The minimum Gasteiger partial charge on any atom is -0.466 e. The van der Waals surface area contributed by atoms with Gasteiger partial charge in [-0.15, -0.1) is 0 Å². The SMILES string of the molecule is CCCCCCCCC/C=C\CCCCCCCC(=O)OCCCCCCCCCCCCCC/C=C\CCCCCCCCCCCCCCCC(=O)NC(CO)C(O)/C=C/CCCCCCCCCCCCCCCCCCCCCCCCC. The first-order valence-electron chi connectivity index (χ1n) is 39.8. The molecule has 0 aromatic heterocycles. The van der Waals surface area contributed by atoms with E-state index in [9.17, 15) is 19.8 Å². The van der Waals surface area contributed by atoms with E-state index in [0.29, 0.717) is 19.4 Å². The van der Waals surface area contributed by atoms with Crippen LogP contribution in [0.3, 0.4) is 0 Å². The lowest BCUT2D eigenvalue weighted by atomic mass is 10.0. The van der Waals surface area contributed by atoms with Gasteiger partial charge in [0.1, 0.15) is 0 Å². The average Bonchev–Trinajstić information content (AvgIpc) is 3.52. The predicted molar refractivity (Wildman–Crippen MR) is 384 cm³/mol. The van der Waals surface area contributed by atoms with Crippen LogP contribution in [-0.4, -0.2) is 47.4 Å². The third-order valence-electron chi connectivity index (χ3n) is 18.6. The molecule has 0 aliphatic carbocycles. The minimum atomic E-state index is -0.846. The molecule has 0 radical (unpaired) electrons. The van der Waals surface area contributed by atoms with Crippen LogP contribution < -0.4 is 5.32 Å². The second kappa shape index (κ2) is 76.5. The first-order valence-corrected chi connectivity index (χ1v) is 39.8. The number of amides is 1. The van der Waals surface area contributed by atoms with Gasteiger partial charge in [-0.3, -0.25) is 9.59 Å². The van der Waals surface area contributed by atoms with Crippen molar-refractivity contribution >= 4 is 11.9 Å². The number of ether oxygens (including phenoxy) is 1. The fourth-order valence-electron chi connectivity index (χ4n) is 12.6. The summed E-state index contributed by atoms with van der Waals surface area (Å²) in [6.07, 6.45) is 99.8. The summed E-state index contributed by atoms with van der Waals surface area (Å²) >= 11 is 0. The van der Waals surface area contributed by atoms with Crippen molar-refractivity contribution in [3.8, 4) is 0 Å². The van der Waals surface area contributed by atoms with Gasteiger partial charge >= 0.3 is 5.97 Å². The Morgan fingerprint density at radius 3 is 0.816 bits per heavy atom. The summed E-state index contributed by atoms with van der Waals surface area (Å²) in [5.41, 5.74) is 0. The van der Waals surface area contributed by atoms with E-state index < -0.39 is 12.1 Å². The smallest absolute Gasteiger partial charge is 0.305 e. The third-order valence-corrected chi connectivity index (χ3v) is 18.6. The first kappa shape index (κ1) is 85.1. The van der Waals surface area contributed by atoms with Gasteiger partial charge in [0.2, 0.25) is 5.91 Å². The molecule has 1 amide bonds. The zero-order valence-corrected chi connectivity index (χ0v) is 59.0. The molecule has 87 heavy (non-hydrogen) atoms. The highest BCUT2D eigenvalue weighted by molar-refractivity contribution is 5.76. The fraction of sp³-hybridized carbons (Fsp3) is 0.901. The first-order chi connectivity index (χ1) is 43.0. The Morgan fingerprint density at radius 1 is 0.310 bits per heavy atom. The number of carbonyl (C=O) groups excluding carboxylic acids is 2. The number of aliphatic hydroxyl groups excluding tert-OH is 2. The normalized spacial score (nSPS) is 12.6. The van der Waals surface area contributed by atoms with E-state index in [4.69, 9.17) is 4.74 Å². The standard InChI is InChI=1S/C81H155NO5/c1-3-5-7-9-11-13-15-17-19-21-22-23-24-30-33-36-39-42-45-49-53-57-61-65-69-73-79(84)78(77-83)82-80(85)74-70-66-62-58-54-50-46-43-40-37-34-31-28-26-25-27-29-32-35-38-41-44-48-52-56-60-64-68-72-76-87-81(86)75-71-67-63-59-55-51-47-20-18-16-14-12-10-8-6-4-2/h20,25,27,47,69,73,78-79,83-84H,3-19,21-24,26,28-46,48-68,70-72,74-77H2,1-2H3,(H,82,85)/b27-25-,47-20-,73-69+. The molecule has 6 heteroatoms. The zero-order chi connectivity index (χ0) is 62.8. The largest absolute Gasteiger partial charge is 0.466 e. The molecule has 2 atom stereocenters. The molecule has 2 unspecified atom stereocenters. The van der Waals surface area contributed by atoms with Gasteiger partial charge < -0.3 is 20.3 Å². The quantitative estimate of drug-likeness (QED) is 0.0320. The number of unbranched alkanes of at least 4 members (excludes halogenated alkanes) is 60. The molecule has 0 saturated heterocycles. The molecule has 0 aromatic carbocycles. The molecular weight excluding hydrogens is 1070 g/mol. The highest BCUT2D eigenvalue weighted by Gasteiger charge is 2.18. The van der Waals surface area contributed by atoms with Crippen molar-refractivity contribution in [1.29, 1.82) is 0 Å². The van der Waals surface area contributed by atoms with Crippen molar-refractivity contribution in [2.75, 3.05) is 13.2 Å². The Morgan fingerprint density at radius 2 is 0.540 bits per heavy atom. The summed E-state index contributed by atoms with van der Waals surface area (Å²) in [5.74, 6) is -0.0526. The molecule has 3 N–H and O–H groups in total. The number of hydrogen-bond acceptors (Lipinski definition) is 5. The molecule has 514 valence electrons. The number of rotatable bonds is 75. The fourth-order valence-corrected chi connectivity index (χ4v) is 12.6. The minimum absolute atomic E-state index is 0.00961. The molecular formula is C81H155NO5. The Bertz CT molecular complexity index is 1410. The van der Waals surface area contributed by atoms with Gasteiger partial charge in [0, 0.05) is 12.8 Å². The Labute approximate surface area is 544 Å². The van der Waals surface area contributed by atoms with Crippen LogP contribution in [0.15, 0.2) is 36.5 Å². The van der Waals surface area contributed by atoms with Crippen molar-refractivity contribution in [2.45, 2.75) is 456 Å².